The van der Waals surface area contributed by atoms with E-state index < -0.39 is 0 Å². The fourth-order valence-electron chi connectivity index (χ4n) is 0.755. The van der Waals surface area contributed by atoms with Gasteiger partial charge in [0.2, 0.25) is 0 Å². The largest absolute Gasteiger partial charge is 0.363 e. The third-order valence-electron chi connectivity index (χ3n) is 1.50. The zero-order valence-electron chi connectivity index (χ0n) is 7.11. The van der Waals surface area contributed by atoms with Gasteiger partial charge in [-0.15, -0.1) is 0 Å². The fourth-order valence-corrected chi connectivity index (χ4v) is 0.755. The molecule has 0 spiro atoms. The molecular weight excluding hydrogens is 126 g/mol. The van der Waals surface area contributed by atoms with Crippen molar-refractivity contribution in [3.63, 3.8) is 0 Å². The van der Waals surface area contributed by atoms with Crippen molar-refractivity contribution >= 4 is 0 Å². The summed E-state index contributed by atoms with van der Waals surface area (Å²) >= 11 is 0. The van der Waals surface area contributed by atoms with Gasteiger partial charge in [0, 0.05) is 6.54 Å². The summed E-state index contributed by atoms with van der Waals surface area (Å²) in [6, 6.07) is 0. The van der Waals surface area contributed by atoms with Gasteiger partial charge < -0.3 is 4.74 Å². The maximum Gasteiger partial charge on any atom is 0.109 e. The highest BCUT2D eigenvalue weighted by atomic mass is 16.5. The van der Waals surface area contributed by atoms with Gasteiger partial charge in [-0.1, -0.05) is 20.8 Å². The van der Waals surface area contributed by atoms with Crippen LogP contribution in [0.5, 0.6) is 0 Å². The van der Waals surface area contributed by atoms with Gasteiger partial charge in [0.05, 0.1) is 6.61 Å². The number of ether oxygens (including phenoxy) is 1. The molecule has 1 aliphatic rings. The highest BCUT2D eigenvalue weighted by Crippen LogP contribution is 2.15. The second-order valence-corrected chi connectivity index (χ2v) is 4.10. The molecule has 0 bridgehead atoms. The molecule has 1 aliphatic heterocycles. The summed E-state index contributed by atoms with van der Waals surface area (Å²) in [6.07, 6.45) is 1.52. The van der Waals surface area contributed by atoms with Crippen LogP contribution in [0.2, 0.25) is 0 Å². The Morgan fingerprint density at radius 3 is 2.40 bits per heavy atom. The van der Waals surface area contributed by atoms with Crippen LogP contribution in [0, 0.1) is 5.41 Å². The van der Waals surface area contributed by atoms with E-state index in [0.29, 0.717) is 11.6 Å². The smallest absolute Gasteiger partial charge is 0.109 e. The fraction of sp³-hybridized carbons (Fsp3) is 1.00. The second kappa shape index (κ2) is 2.89. The molecule has 1 fully saturated rings. The van der Waals surface area contributed by atoms with E-state index in [1.807, 2.05) is 0 Å². The van der Waals surface area contributed by atoms with E-state index in [0.717, 1.165) is 13.2 Å². The molecular formula is C8H17NO. The standard InChI is InChI=1S/C8H17NO/c1-8(2,3)6-10-7-4-5-9-7/h7,9H,4-6H2,1-3H3/t7-/m1/s1. The van der Waals surface area contributed by atoms with Crippen LogP contribution in [-0.2, 0) is 4.74 Å². The lowest BCUT2D eigenvalue weighted by atomic mass is 9.98. The minimum absolute atomic E-state index is 0.303. The molecule has 10 heavy (non-hydrogen) atoms. The maximum absolute atomic E-state index is 5.53. The lowest BCUT2D eigenvalue weighted by Gasteiger charge is -2.30. The average Bonchev–Trinajstić information content (AvgIpc) is 1.56. The summed E-state index contributed by atoms with van der Waals surface area (Å²) < 4.78 is 5.53. The summed E-state index contributed by atoms with van der Waals surface area (Å²) in [6.45, 7) is 8.53. The molecule has 1 N–H and O–H groups in total. The maximum atomic E-state index is 5.53. The van der Waals surface area contributed by atoms with Crippen molar-refractivity contribution in [2.45, 2.75) is 33.4 Å². The molecule has 0 saturated carbocycles. The zero-order chi connectivity index (χ0) is 7.61. The number of hydrogen-bond acceptors (Lipinski definition) is 2. The van der Waals surface area contributed by atoms with Gasteiger partial charge in [-0.2, -0.15) is 0 Å². The molecule has 2 nitrogen and oxygen atoms in total. The van der Waals surface area contributed by atoms with Crippen LogP contribution < -0.4 is 5.32 Å². The first-order valence-corrected chi connectivity index (χ1v) is 3.93. The first-order chi connectivity index (χ1) is 4.58. The van der Waals surface area contributed by atoms with Crippen molar-refractivity contribution in [1.29, 1.82) is 0 Å². The Kier molecular flexibility index (Phi) is 2.32. The molecule has 60 valence electrons. The van der Waals surface area contributed by atoms with Crippen LogP contribution in [-0.4, -0.2) is 19.4 Å². The average molecular weight is 143 g/mol. The van der Waals surface area contributed by atoms with Crippen molar-refractivity contribution in [2.75, 3.05) is 13.2 Å². The van der Waals surface area contributed by atoms with Crippen molar-refractivity contribution in [3.8, 4) is 0 Å². The Morgan fingerprint density at radius 1 is 1.50 bits per heavy atom. The quantitative estimate of drug-likeness (QED) is 0.630. The molecule has 0 aliphatic carbocycles. The van der Waals surface area contributed by atoms with Crippen molar-refractivity contribution < 1.29 is 4.74 Å². The molecule has 0 unspecified atom stereocenters. The van der Waals surface area contributed by atoms with Gasteiger partial charge >= 0.3 is 0 Å². The van der Waals surface area contributed by atoms with E-state index >= 15 is 0 Å². The van der Waals surface area contributed by atoms with Gasteiger partial charge in [0.1, 0.15) is 6.23 Å². The topological polar surface area (TPSA) is 21.3 Å². The lowest BCUT2D eigenvalue weighted by Crippen LogP contribution is -2.45. The molecule has 0 radical (unpaired) electrons. The SMILES string of the molecule is CC(C)(C)CO[C@@H]1CCN1. The summed E-state index contributed by atoms with van der Waals surface area (Å²) in [4.78, 5) is 0. The summed E-state index contributed by atoms with van der Waals surface area (Å²) in [5, 5.41) is 3.20. The van der Waals surface area contributed by atoms with E-state index in [-0.39, 0.29) is 0 Å². The van der Waals surface area contributed by atoms with Gasteiger partial charge in [-0.3, -0.25) is 5.32 Å². The van der Waals surface area contributed by atoms with Crippen LogP contribution in [0.15, 0.2) is 0 Å². The Balaban J connectivity index is 2.04. The van der Waals surface area contributed by atoms with Crippen molar-refractivity contribution in [3.05, 3.63) is 0 Å². The van der Waals surface area contributed by atoms with Crippen LogP contribution in [0.1, 0.15) is 27.2 Å². The second-order valence-electron chi connectivity index (χ2n) is 4.10. The van der Waals surface area contributed by atoms with Gasteiger partial charge in [0.25, 0.3) is 0 Å². The van der Waals surface area contributed by atoms with E-state index in [4.69, 9.17) is 4.74 Å². The summed E-state index contributed by atoms with van der Waals surface area (Å²) in [5.41, 5.74) is 0.303. The third-order valence-corrected chi connectivity index (χ3v) is 1.50. The van der Waals surface area contributed by atoms with E-state index in [9.17, 15) is 0 Å². The Bertz CT molecular complexity index is 102. The van der Waals surface area contributed by atoms with Gasteiger partial charge in [0.15, 0.2) is 0 Å². The molecule has 2 heteroatoms. The summed E-state index contributed by atoms with van der Waals surface area (Å²) in [5.74, 6) is 0. The molecule has 1 saturated heterocycles. The van der Waals surface area contributed by atoms with Crippen LogP contribution in [0.3, 0.4) is 0 Å². The monoisotopic (exact) mass is 143 g/mol. The molecule has 0 aromatic carbocycles. The lowest BCUT2D eigenvalue weighted by molar-refractivity contribution is -0.0441. The van der Waals surface area contributed by atoms with E-state index in [1.54, 1.807) is 0 Å². The van der Waals surface area contributed by atoms with Crippen LogP contribution in [0.4, 0.5) is 0 Å². The minimum atomic E-state index is 0.303. The van der Waals surface area contributed by atoms with E-state index in [1.165, 1.54) is 6.42 Å². The zero-order valence-corrected chi connectivity index (χ0v) is 7.11. The van der Waals surface area contributed by atoms with Gasteiger partial charge in [-0.25, -0.2) is 0 Å². The number of nitrogens with one attached hydrogen (secondary N) is 1. The van der Waals surface area contributed by atoms with Gasteiger partial charge in [-0.05, 0) is 11.8 Å². The number of hydrogen-bond donors (Lipinski definition) is 1. The molecule has 1 atom stereocenters. The molecule has 1 rings (SSSR count). The van der Waals surface area contributed by atoms with Crippen LogP contribution in [0.25, 0.3) is 0 Å². The van der Waals surface area contributed by atoms with Crippen molar-refractivity contribution in [1.82, 2.24) is 5.32 Å². The first-order valence-electron chi connectivity index (χ1n) is 3.93. The molecule has 0 aromatic rings. The third kappa shape index (κ3) is 2.67. The minimum Gasteiger partial charge on any atom is -0.363 e. The van der Waals surface area contributed by atoms with Crippen molar-refractivity contribution in [2.24, 2.45) is 5.41 Å². The molecule has 1 heterocycles. The predicted octanol–water partition coefficient (Wildman–Crippen LogP) is 1.37. The van der Waals surface area contributed by atoms with Crippen LogP contribution >= 0.6 is 0 Å². The highest BCUT2D eigenvalue weighted by molar-refractivity contribution is 4.69. The predicted molar refractivity (Wildman–Crippen MR) is 41.8 cm³/mol. The Morgan fingerprint density at radius 2 is 2.10 bits per heavy atom. The van der Waals surface area contributed by atoms with E-state index in [2.05, 4.69) is 26.1 Å². The Labute approximate surface area is 63.0 Å². The summed E-state index contributed by atoms with van der Waals surface area (Å²) in [7, 11) is 0. The highest BCUT2D eigenvalue weighted by Gasteiger charge is 2.19. The number of rotatable bonds is 2. The molecule has 0 aromatic heterocycles. The normalized spacial score (nSPS) is 26.1. The Hall–Kier alpha value is -0.0800. The first kappa shape index (κ1) is 8.02. The molecule has 0 amide bonds.